The summed E-state index contributed by atoms with van der Waals surface area (Å²) in [6, 6.07) is -5.30. The molecule has 0 heterocycles. The quantitative estimate of drug-likeness (QED) is 0.159. The molecule has 0 aromatic heterocycles. The van der Waals surface area contributed by atoms with E-state index in [9.17, 15) is 33.9 Å². The van der Waals surface area contributed by atoms with E-state index < -0.39 is 78.1 Å². The second kappa shape index (κ2) is 13.2. The Morgan fingerprint density at radius 1 is 0.719 bits per heavy atom. The zero-order valence-corrected chi connectivity index (χ0v) is 18.5. The average Bonchev–Trinajstić information content (AvgIpc) is 2.65. The molecule has 0 bridgehead atoms. The molecule has 0 radical (unpaired) electrons. The van der Waals surface area contributed by atoms with E-state index in [2.05, 4.69) is 16.0 Å². The van der Waals surface area contributed by atoms with Gasteiger partial charge >= 0.3 is 17.9 Å². The van der Waals surface area contributed by atoms with Gasteiger partial charge in [0.05, 0.1) is 12.5 Å². The maximum absolute atomic E-state index is 12.7. The maximum Gasteiger partial charge on any atom is 0.326 e. The number of rotatable bonds is 14. The van der Waals surface area contributed by atoms with Crippen LogP contribution in [0.4, 0.5) is 0 Å². The first-order chi connectivity index (χ1) is 14.7. The van der Waals surface area contributed by atoms with Crippen LogP contribution in [0.1, 0.15) is 47.0 Å². The Hall–Kier alpha value is -3.22. The number of hydrogen-bond donors (Lipinski definition) is 7. The number of nitrogens with one attached hydrogen (secondary N) is 3. The van der Waals surface area contributed by atoms with E-state index in [1.807, 2.05) is 0 Å². The van der Waals surface area contributed by atoms with Gasteiger partial charge in [-0.2, -0.15) is 0 Å². The van der Waals surface area contributed by atoms with Crippen LogP contribution in [-0.4, -0.2) is 75.1 Å². The monoisotopic (exact) mass is 460 g/mol. The molecule has 13 nitrogen and oxygen atoms in total. The van der Waals surface area contributed by atoms with Gasteiger partial charge in [-0.3, -0.25) is 24.0 Å². The molecule has 0 saturated heterocycles. The molecule has 182 valence electrons. The summed E-state index contributed by atoms with van der Waals surface area (Å²) >= 11 is 0. The molecular formula is C19H32N4O9. The van der Waals surface area contributed by atoms with E-state index in [1.165, 1.54) is 0 Å². The van der Waals surface area contributed by atoms with Crippen molar-refractivity contribution in [2.75, 3.05) is 0 Å². The molecule has 0 aliphatic rings. The van der Waals surface area contributed by atoms with Gasteiger partial charge < -0.3 is 37.0 Å². The first kappa shape index (κ1) is 28.8. The highest BCUT2D eigenvalue weighted by Gasteiger charge is 2.33. The summed E-state index contributed by atoms with van der Waals surface area (Å²) < 4.78 is 0. The predicted molar refractivity (Wildman–Crippen MR) is 110 cm³/mol. The van der Waals surface area contributed by atoms with Crippen molar-refractivity contribution in [3.05, 3.63) is 0 Å². The molecule has 0 aliphatic carbocycles. The van der Waals surface area contributed by atoms with Gasteiger partial charge in [-0.25, -0.2) is 4.79 Å². The third-order valence-corrected chi connectivity index (χ3v) is 4.50. The number of carbonyl (C=O) groups is 6. The van der Waals surface area contributed by atoms with Gasteiger partial charge in [0.25, 0.3) is 0 Å². The first-order valence-corrected chi connectivity index (χ1v) is 10.00. The molecular weight excluding hydrogens is 428 g/mol. The van der Waals surface area contributed by atoms with Crippen molar-refractivity contribution in [2.24, 2.45) is 17.6 Å². The van der Waals surface area contributed by atoms with Crippen molar-refractivity contribution in [2.45, 2.75) is 71.1 Å². The molecule has 3 amide bonds. The van der Waals surface area contributed by atoms with Crippen LogP contribution in [0, 0.1) is 11.8 Å². The first-order valence-electron chi connectivity index (χ1n) is 10.00. The van der Waals surface area contributed by atoms with Crippen LogP contribution in [-0.2, 0) is 28.8 Å². The Balaban J connectivity index is 5.41. The summed E-state index contributed by atoms with van der Waals surface area (Å²) in [5.74, 6) is -7.56. The van der Waals surface area contributed by atoms with Crippen LogP contribution < -0.4 is 21.7 Å². The smallest absolute Gasteiger partial charge is 0.326 e. The normalized spacial score (nSPS) is 14.7. The fourth-order valence-electron chi connectivity index (χ4n) is 2.62. The summed E-state index contributed by atoms with van der Waals surface area (Å²) in [5, 5.41) is 33.8. The van der Waals surface area contributed by atoms with Gasteiger partial charge in [-0.15, -0.1) is 0 Å². The Morgan fingerprint density at radius 3 is 1.62 bits per heavy atom. The van der Waals surface area contributed by atoms with Gasteiger partial charge in [0.1, 0.15) is 18.1 Å². The van der Waals surface area contributed by atoms with Crippen LogP contribution in [0.2, 0.25) is 0 Å². The van der Waals surface area contributed by atoms with Crippen molar-refractivity contribution < 1.29 is 44.1 Å². The third-order valence-electron chi connectivity index (χ3n) is 4.50. The molecule has 0 saturated carbocycles. The van der Waals surface area contributed by atoms with Crippen LogP contribution in [0.5, 0.6) is 0 Å². The lowest BCUT2D eigenvalue weighted by Gasteiger charge is -2.27. The third kappa shape index (κ3) is 10.2. The molecule has 0 aliphatic heterocycles. The van der Waals surface area contributed by atoms with Crippen LogP contribution in [0.25, 0.3) is 0 Å². The zero-order valence-electron chi connectivity index (χ0n) is 18.5. The van der Waals surface area contributed by atoms with E-state index in [-0.39, 0.29) is 12.8 Å². The largest absolute Gasteiger partial charge is 0.481 e. The molecule has 4 atom stereocenters. The molecule has 32 heavy (non-hydrogen) atoms. The SMILES string of the molecule is CC(C)C(NC(=O)C(CC(=O)O)NC(=O)C(NC(=O)C(N)CCC(=O)O)C(C)C)C(=O)O. The van der Waals surface area contributed by atoms with E-state index in [0.29, 0.717) is 0 Å². The standard InChI is InChI=1S/C19H32N4O9/c1-8(2)14(22-16(28)10(20)5-6-12(24)25)18(30)21-11(7-13(26)27)17(29)23-15(9(3)4)19(31)32/h8-11,14-15H,5-7,20H2,1-4H3,(H,21,30)(H,22,28)(H,23,29)(H,24,25)(H,26,27)(H,31,32). The Kier molecular flexibility index (Phi) is 11.9. The fourth-order valence-corrected chi connectivity index (χ4v) is 2.62. The molecule has 4 unspecified atom stereocenters. The minimum absolute atomic E-state index is 0.163. The number of carboxylic acid groups (broad SMARTS) is 3. The van der Waals surface area contributed by atoms with Crippen molar-refractivity contribution in [3.63, 3.8) is 0 Å². The van der Waals surface area contributed by atoms with Gasteiger partial charge in [0.2, 0.25) is 17.7 Å². The van der Waals surface area contributed by atoms with Gasteiger partial charge in [0, 0.05) is 6.42 Å². The second-order valence-electron chi connectivity index (χ2n) is 8.00. The Labute approximate surface area is 185 Å². The van der Waals surface area contributed by atoms with Gasteiger partial charge in [-0.05, 0) is 18.3 Å². The highest BCUT2D eigenvalue weighted by Crippen LogP contribution is 2.07. The minimum Gasteiger partial charge on any atom is -0.481 e. The highest BCUT2D eigenvalue weighted by molar-refractivity contribution is 5.95. The van der Waals surface area contributed by atoms with E-state index in [0.717, 1.165) is 0 Å². The number of nitrogens with two attached hydrogens (primary N) is 1. The molecule has 0 spiro atoms. The molecule has 0 fully saturated rings. The van der Waals surface area contributed by atoms with Crippen molar-refractivity contribution >= 4 is 35.6 Å². The lowest BCUT2D eigenvalue weighted by atomic mass is 10.0. The lowest BCUT2D eigenvalue weighted by Crippen LogP contribution is -2.59. The number of aliphatic carboxylic acids is 3. The molecule has 0 aromatic rings. The summed E-state index contributed by atoms with van der Waals surface area (Å²) in [6.45, 7) is 6.25. The number of carbonyl (C=O) groups excluding carboxylic acids is 3. The van der Waals surface area contributed by atoms with Crippen molar-refractivity contribution in [1.29, 1.82) is 0 Å². The lowest BCUT2D eigenvalue weighted by molar-refractivity contribution is -0.144. The van der Waals surface area contributed by atoms with Crippen LogP contribution in [0.3, 0.4) is 0 Å². The van der Waals surface area contributed by atoms with Gasteiger partial charge in [0.15, 0.2) is 0 Å². The zero-order chi connectivity index (χ0) is 25.2. The van der Waals surface area contributed by atoms with Crippen LogP contribution >= 0.6 is 0 Å². The van der Waals surface area contributed by atoms with Crippen LogP contribution in [0.15, 0.2) is 0 Å². The van der Waals surface area contributed by atoms with Crippen molar-refractivity contribution in [1.82, 2.24) is 16.0 Å². The maximum atomic E-state index is 12.7. The van der Waals surface area contributed by atoms with E-state index in [4.69, 9.17) is 15.9 Å². The predicted octanol–water partition coefficient (Wildman–Crippen LogP) is -1.50. The summed E-state index contributed by atoms with van der Waals surface area (Å²) in [6.07, 6.45) is -1.34. The second-order valence-corrected chi connectivity index (χ2v) is 8.00. The van der Waals surface area contributed by atoms with Crippen molar-refractivity contribution in [3.8, 4) is 0 Å². The Morgan fingerprint density at radius 2 is 1.22 bits per heavy atom. The fraction of sp³-hybridized carbons (Fsp3) is 0.684. The number of amides is 3. The molecule has 0 aromatic carbocycles. The van der Waals surface area contributed by atoms with E-state index in [1.54, 1.807) is 27.7 Å². The highest BCUT2D eigenvalue weighted by atomic mass is 16.4. The number of carboxylic acids is 3. The summed E-state index contributed by atoms with van der Waals surface area (Å²) in [5.41, 5.74) is 5.64. The number of hydrogen-bond acceptors (Lipinski definition) is 7. The average molecular weight is 460 g/mol. The molecule has 13 heteroatoms. The minimum atomic E-state index is -1.60. The van der Waals surface area contributed by atoms with Gasteiger partial charge in [-0.1, -0.05) is 27.7 Å². The topological polar surface area (TPSA) is 225 Å². The van der Waals surface area contributed by atoms with E-state index >= 15 is 0 Å². The molecule has 8 N–H and O–H groups in total. The summed E-state index contributed by atoms with van der Waals surface area (Å²) in [7, 11) is 0. The summed E-state index contributed by atoms with van der Waals surface area (Å²) in [4.78, 5) is 70.5. The molecule has 0 rings (SSSR count). The Bertz CT molecular complexity index is 724.